The predicted molar refractivity (Wildman–Crippen MR) is 56.4 cm³/mol. The van der Waals surface area contributed by atoms with Crippen LogP contribution in [0.3, 0.4) is 0 Å². The van der Waals surface area contributed by atoms with Gasteiger partial charge in [-0.05, 0) is 20.3 Å². The van der Waals surface area contributed by atoms with Gasteiger partial charge < -0.3 is 4.74 Å². The maximum absolute atomic E-state index is 11.0. The maximum Gasteiger partial charge on any atom is 0.131 e. The molecule has 1 fully saturated rings. The first-order valence-electron chi connectivity index (χ1n) is 5.48. The van der Waals surface area contributed by atoms with Gasteiger partial charge in [0, 0.05) is 25.6 Å². The van der Waals surface area contributed by atoms with E-state index >= 15 is 0 Å². The molecule has 3 heteroatoms. The van der Waals surface area contributed by atoms with Crippen LogP contribution in [0.2, 0.25) is 0 Å². The molecule has 1 heterocycles. The highest BCUT2D eigenvalue weighted by Crippen LogP contribution is 2.13. The molecule has 0 aromatic carbocycles. The normalized spacial score (nSPS) is 26.1. The fourth-order valence-electron chi connectivity index (χ4n) is 1.93. The Labute approximate surface area is 86.4 Å². The van der Waals surface area contributed by atoms with Crippen LogP contribution in [0.1, 0.15) is 33.6 Å². The molecule has 1 aliphatic heterocycles. The minimum Gasteiger partial charge on any atom is -0.376 e. The third-order valence-electron chi connectivity index (χ3n) is 2.83. The van der Waals surface area contributed by atoms with Crippen molar-refractivity contribution in [1.82, 2.24) is 4.90 Å². The summed E-state index contributed by atoms with van der Waals surface area (Å²) in [5.74, 6) is 0.275. The van der Waals surface area contributed by atoms with Gasteiger partial charge in [0.15, 0.2) is 0 Å². The molecule has 82 valence electrons. The highest BCUT2D eigenvalue weighted by atomic mass is 16.5. The summed E-state index contributed by atoms with van der Waals surface area (Å²) in [5, 5.41) is 0. The van der Waals surface area contributed by atoms with E-state index < -0.39 is 0 Å². The molecule has 0 saturated carbocycles. The Kier molecular flexibility index (Phi) is 4.55. The molecule has 3 nitrogen and oxygen atoms in total. The van der Waals surface area contributed by atoms with Gasteiger partial charge in [-0.3, -0.25) is 9.69 Å². The van der Waals surface area contributed by atoms with E-state index in [0.717, 1.165) is 26.1 Å². The molecule has 1 saturated heterocycles. The summed E-state index contributed by atoms with van der Waals surface area (Å²) >= 11 is 0. The number of carbonyl (C=O) groups excluding carboxylic acids is 1. The van der Waals surface area contributed by atoms with Crippen LogP contribution in [0.4, 0.5) is 0 Å². The summed E-state index contributed by atoms with van der Waals surface area (Å²) in [6.07, 6.45) is 2.08. The van der Waals surface area contributed by atoms with Crippen molar-refractivity contribution in [1.29, 1.82) is 0 Å². The molecule has 1 rings (SSSR count). The van der Waals surface area contributed by atoms with Crippen molar-refractivity contribution in [2.24, 2.45) is 0 Å². The van der Waals surface area contributed by atoms with Gasteiger partial charge in [0.05, 0.1) is 12.7 Å². The van der Waals surface area contributed by atoms with Crippen LogP contribution in [0.25, 0.3) is 0 Å². The molecule has 0 aromatic rings. The third kappa shape index (κ3) is 3.39. The van der Waals surface area contributed by atoms with Crippen LogP contribution in [0.5, 0.6) is 0 Å². The number of ether oxygens (including phenoxy) is 1. The molecular formula is C11H21NO2. The smallest absolute Gasteiger partial charge is 0.131 e. The van der Waals surface area contributed by atoms with E-state index in [1.807, 2.05) is 0 Å². The quantitative estimate of drug-likeness (QED) is 0.686. The molecule has 0 aliphatic carbocycles. The van der Waals surface area contributed by atoms with Crippen molar-refractivity contribution in [3.8, 4) is 0 Å². The third-order valence-corrected chi connectivity index (χ3v) is 2.83. The lowest BCUT2D eigenvalue weighted by Gasteiger charge is -2.36. The van der Waals surface area contributed by atoms with Crippen LogP contribution in [-0.2, 0) is 9.53 Å². The van der Waals surface area contributed by atoms with Crippen molar-refractivity contribution in [3.63, 3.8) is 0 Å². The van der Waals surface area contributed by atoms with Crippen LogP contribution < -0.4 is 0 Å². The highest BCUT2D eigenvalue weighted by Gasteiger charge is 2.23. The van der Waals surface area contributed by atoms with Crippen LogP contribution >= 0.6 is 0 Å². The first-order chi connectivity index (χ1) is 6.63. The second-order valence-electron chi connectivity index (χ2n) is 4.15. The highest BCUT2D eigenvalue weighted by molar-refractivity contribution is 5.76. The Morgan fingerprint density at radius 3 is 2.93 bits per heavy atom. The number of morpholine rings is 1. The SMILES string of the molecule is CCC1CN(C(C)CC(C)=O)CCO1. The average molecular weight is 199 g/mol. The van der Waals surface area contributed by atoms with Gasteiger partial charge in [-0.1, -0.05) is 6.92 Å². The van der Waals surface area contributed by atoms with E-state index in [1.165, 1.54) is 0 Å². The zero-order valence-electron chi connectivity index (χ0n) is 9.45. The lowest BCUT2D eigenvalue weighted by Crippen LogP contribution is -2.46. The monoisotopic (exact) mass is 199 g/mol. The molecule has 2 unspecified atom stereocenters. The second-order valence-corrected chi connectivity index (χ2v) is 4.15. The van der Waals surface area contributed by atoms with Gasteiger partial charge in [0.25, 0.3) is 0 Å². The molecule has 0 aromatic heterocycles. The van der Waals surface area contributed by atoms with Gasteiger partial charge in [-0.25, -0.2) is 0 Å². The van der Waals surface area contributed by atoms with E-state index in [2.05, 4.69) is 18.7 Å². The van der Waals surface area contributed by atoms with Crippen molar-refractivity contribution in [2.75, 3.05) is 19.7 Å². The van der Waals surface area contributed by atoms with Crippen LogP contribution in [-0.4, -0.2) is 42.5 Å². The summed E-state index contributed by atoms with van der Waals surface area (Å²) in [6.45, 7) is 8.67. The zero-order chi connectivity index (χ0) is 10.6. The van der Waals surface area contributed by atoms with Gasteiger partial charge in [0.1, 0.15) is 5.78 Å². The largest absolute Gasteiger partial charge is 0.376 e. The fraction of sp³-hybridized carbons (Fsp3) is 0.909. The number of hydrogen-bond acceptors (Lipinski definition) is 3. The Balaban J connectivity index is 2.38. The lowest BCUT2D eigenvalue weighted by atomic mass is 10.1. The fourth-order valence-corrected chi connectivity index (χ4v) is 1.93. The number of rotatable bonds is 4. The summed E-state index contributed by atoms with van der Waals surface area (Å²) < 4.78 is 5.59. The molecule has 0 spiro atoms. The molecule has 14 heavy (non-hydrogen) atoms. The van der Waals surface area contributed by atoms with E-state index in [1.54, 1.807) is 6.92 Å². The second kappa shape index (κ2) is 5.47. The molecule has 1 aliphatic rings. The number of ketones is 1. The van der Waals surface area contributed by atoms with Crippen molar-refractivity contribution in [3.05, 3.63) is 0 Å². The summed E-state index contributed by atoms with van der Waals surface area (Å²) in [6, 6.07) is 0.366. The Hall–Kier alpha value is -0.410. The first-order valence-corrected chi connectivity index (χ1v) is 5.48. The van der Waals surface area contributed by atoms with E-state index in [9.17, 15) is 4.79 Å². The van der Waals surface area contributed by atoms with Crippen molar-refractivity contribution >= 4 is 5.78 Å². The topological polar surface area (TPSA) is 29.5 Å². The zero-order valence-corrected chi connectivity index (χ0v) is 9.45. The molecule has 0 bridgehead atoms. The van der Waals surface area contributed by atoms with Gasteiger partial charge in [0.2, 0.25) is 0 Å². The molecular weight excluding hydrogens is 178 g/mol. The van der Waals surface area contributed by atoms with Gasteiger partial charge >= 0.3 is 0 Å². The van der Waals surface area contributed by atoms with E-state index in [-0.39, 0.29) is 5.78 Å². The summed E-state index contributed by atoms with van der Waals surface area (Å²) in [4.78, 5) is 13.4. The molecule has 2 atom stereocenters. The lowest BCUT2D eigenvalue weighted by molar-refractivity contribution is -0.119. The maximum atomic E-state index is 11.0. The van der Waals surface area contributed by atoms with Gasteiger partial charge in [-0.2, -0.15) is 0 Å². The Morgan fingerprint density at radius 2 is 2.36 bits per heavy atom. The summed E-state index contributed by atoms with van der Waals surface area (Å²) in [5.41, 5.74) is 0. The molecule has 0 radical (unpaired) electrons. The minimum absolute atomic E-state index is 0.275. The standard InChI is InChI=1S/C11H21NO2/c1-4-11-8-12(5-6-14-11)9(2)7-10(3)13/h9,11H,4-8H2,1-3H3. The summed E-state index contributed by atoms with van der Waals surface area (Å²) in [7, 11) is 0. The Morgan fingerprint density at radius 1 is 1.64 bits per heavy atom. The van der Waals surface area contributed by atoms with E-state index in [4.69, 9.17) is 4.74 Å². The molecule has 0 amide bonds. The van der Waals surface area contributed by atoms with Crippen LogP contribution in [0, 0.1) is 0 Å². The number of nitrogens with zero attached hydrogens (tertiary/aromatic N) is 1. The average Bonchev–Trinajstić information content (AvgIpc) is 2.17. The Bertz CT molecular complexity index is 194. The number of carbonyl (C=O) groups is 1. The van der Waals surface area contributed by atoms with E-state index in [0.29, 0.717) is 18.6 Å². The first kappa shape index (κ1) is 11.7. The van der Waals surface area contributed by atoms with Crippen LogP contribution in [0.15, 0.2) is 0 Å². The molecule has 0 N–H and O–H groups in total. The van der Waals surface area contributed by atoms with Crippen molar-refractivity contribution < 1.29 is 9.53 Å². The number of hydrogen-bond donors (Lipinski definition) is 0. The van der Waals surface area contributed by atoms with Crippen molar-refractivity contribution in [2.45, 2.75) is 45.8 Å². The van der Waals surface area contributed by atoms with Gasteiger partial charge in [-0.15, -0.1) is 0 Å². The minimum atomic E-state index is 0.275. The predicted octanol–water partition coefficient (Wildman–Crippen LogP) is 1.46. The number of Topliss-reactive ketones (excluding diaryl/α,β-unsaturated/α-hetero) is 1.